The molecule has 146 valence electrons. The summed E-state index contributed by atoms with van der Waals surface area (Å²) in [5, 5.41) is 4.55. The minimum Gasteiger partial charge on any atom is -0.339 e. The minimum absolute atomic E-state index is 0.0600. The summed E-state index contributed by atoms with van der Waals surface area (Å²) in [5.41, 5.74) is 1.74. The Kier molecular flexibility index (Phi) is 5.18. The molecule has 4 rings (SSSR count). The number of benzene rings is 2. The zero-order chi connectivity index (χ0) is 19.9. The van der Waals surface area contributed by atoms with Gasteiger partial charge in [0.15, 0.2) is 5.82 Å². The van der Waals surface area contributed by atoms with Gasteiger partial charge < -0.3 is 4.52 Å². The predicted octanol–water partition coefficient (Wildman–Crippen LogP) is 4.06. The van der Waals surface area contributed by atoms with E-state index in [9.17, 15) is 8.42 Å². The molecule has 1 saturated heterocycles. The van der Waals surface area contributed by atoms with E-state index >= 15 is 0 Å². The van der Waals surface area contributed by atoms with Gasteiger partial charge in [0.1, 0.15) is 4.90 Å². The van der Waals surface area contributed by atoms with Gasteiger partial charge in [-0.05, 0) is 30.2 Å². The highest BCUT2D eigenvalue weighted by Gasteiger charge is 2.41. The molecule has 1 fully saturated rings. The van der Waals surface area contributed by atoms with Crippen LogP contribution in [0.1, 0.15) is 28.8 Å². The molecule has 0 saturated carbocycles. The largest absolute Gasteiger partial charge is 0.339 e. The SMILES string of the molecule is Cc1cc(S(=O)(=O)N2CC(c3nc(Cc4ccccc4)no3)C2)c(Cl)cc1Cl. The van der Waals surface area contributed by atoms with E-state index in [2.05, 4.69) is 10.1 Å². The Balaban J connectivity index is 1.45. The zero-order valence-corrected chi connectivity index (χ0v) is 17.3. The van der Waals surface area contributed by atoms with Gasteiger partial charge in [0.2, 0.25) is 15.9 Å². The molecule has 0 bridgehead atoms. The van der Waals surface area contributed by atoms with E-state index in [4.69, 9.17) is 27.7 Å². The van der Waals surface area contributed by atoms with Gasteiger partial charge in [0, 0.05) is 24.5 Å². The van der Waals surface area contributed by atoms with Gasteiger partial charge in [0.05, 0.1) is 10.9 Å². The van der Waals surface area contributed by atoms with Crippen LogP contribution in [0, 0.1) is 6.92 Å². The van der Waals surface area contributed by atoms with Gasteiger partial charge >= 0.3 is 0 Å². The average Bonchev–Trinajstić information content (AvgIpc) is 3.05. The standard InChI is InChI=1S/C19H17Cl2N3O3S/c1-12-7-17(16(21)9-15(12)20)28(25,26)24-10-14(11-24)19-22-18(23-27-19)8-13-5-3-2-4-6-13/h2-7,9,14H,8,10-11H2,1H3. The van der Waals surface area contributed by atoms with E-state index < -0.39 is 10.0 Å². The van der Waals surface area contributed by atoms with Crippen LogP contribution >= 0.6 is 23.2 Å². The molecule has 0 atom stereocenters. The third-order valence-electron chi connectivity index (χ3n) is 4.72. The molecule has 28 heavy (non-hydrogen) atoms. The molecule has 0 aliphatic carbocycles. The number of aryl methyl sites for hydroxylation is 1. The molecule has 0 unspecified atom stereocenters. The van der Waals surface area contributed by atoms with Crippen molar-refractivity contribution in [1.82, 2.24) is 14.4 Å². The van der Waals surface area contributed by atoms with Crippen LogP contribution in [-0.4, -0.2) is 36.0 Å². The number of halogens is 2. The summed E-state index contributed by atoms with van der Waals surface area (Å²) in [6.07, 6.45) is 0.568. The number of hydrogen-bond donors (Lipinski definition) is 0. The van der Waals surface area contributed by atoms with Crippen molar-refractivity contribution in [2.45, 2.75) is 24.2 Å². The first-order valence-electron chi connectivity index (χ1n) is 8.67. The number of sulfonamides is 1. The molecule has 2 aromatic carbocycles. The second kappa shape index (κ2) is 7.48. The zero-order valence-electron chi connectivity index (χ0n) is 15.0. The van der Waals surface area contributed by atoms with Gasteiger partial charge in [-0.2, -0.15) is 9.29 Å². The minimum atomic E-state index is -3.70. The predicted molar refractivity (Wildman–Crippen MR) is 106 cm³/mol. The van der Waals surface area contributed by atoms with Gasteiger partial charge in [-0.3, -0.25) is 0 Å². The van der Waals surface area contributed by atoms with E-state index in [1.165, 1.54) is 16.4 Å². The van der Waals surface area contributed by atoms with Crippen LogP contribution in [-0.2, 0) is 16.4 Å². The number of nitrogens with zero attached hydrogens (tertiary/aromatic N) is 3. The fourth-order valence-electron chi connectivity index (χ4n) is 3.04. The summed E-state index contributed by atoms with van der Waals surface area (Å²) in [6, 6.07) is 12.8. The van der Waals surface area contributed by atoms with Crippen molar-refractivity contribution < 1.29 is 12.9 Å². The van der Waals surface area contributed by atoms with E-state index in [1.807, 2.05) is 30.3 Å². The third-order valence-corrected chi connectivity index (χ3v) is 7.42. The van der Waals surface area contributed by atoms with E-state index in [-0.39, 0.29) is 28.9 Å². The van der Waals surface area contributed by atoms with Crippen molar-refractivity contribution in [3.8, 4) is 0 Å². The second-order valence-corrected chi connectivity index (χ2v) is 9.48. The fourth-order valence-corrected chi connectivity index (χ4v) is 5.38. The van der Waals surface area contributed by atoms with Crippen molar-refractivity contribution in [3.63, 3.8) is 0 Å². The molecule has 0 radical (unpaired) electrons. The topological polar surface area (TPSA) is 76.3 Å². The summed E-state index contributed by atoms with van der Waals surface area (Å²) in [7, 11) is -3.70. The molecule has 3 aromatic rings. The van der Waals surface area contributed by atoms with Crippen molar-refractivity contribution in [2.75, 3.05) is 13.1 Å². The maximum Gasteiger partial charge on any atom is 0.244 e. The molecule has 6 nitrogen and oxygen atoms in total. The molecule has 1 aromatic heterocycles. The smallest absolute Gasteiger partial charge is 0.244 e. The lowest BCUT2D eigenvalue weighted by molar-refractivity contribution is 0.216. The quantitative estimate of drug-likeness (QED) is 0.601. The van der Waals surface area contributed by atoms with E-state index in [1.54, 1.807) is 6.92 Å². The first kappa shape index (κ1) is 19.4. The molecule has 9 heteroatoms. The average molecular weight is 438 g/mol. The molecule has 0 amide bonds. The van der Waals surface area contributed by atoms with Crippen LogP contribution < -0.4 is 0 Å². The Morgan fingerprint density at radius 1 is 1.14 bits per heavy atom. The Bertz CT molecular complexity index is 1110. The lowest BCUT2D eigenvalue weighted by Crippen LogP contribution is -2.48. The molecule has 1 aliphatic rings. The fraction of sp³-hybridized carbons (Fsp3) is 0.263. The molecule has 0 N–H and O–H groups in total. The van der Waals surface area contributed by atoms with E-state index in [0.717, 1.165) is 5.56 Å². The lowest BCUT2D eigenvalue weighted by atomic mass is 10.0. The first-order chi connectivity index (χ1) is 13.3. The number of rotatable bonds is 5. The van der Waals surface area contributed by atoms with Crippen molar-refractivity contribution in [2.24, 2.45) is 0 Å². The van der Waals surface area contributed by atoms with Crippen LogP contribution in [0.5, 0.6) is 0 Å². The van der Waals surface area contributed by atoms with Crippen LogP contribution in [0.3, 0.4) is 0 Å². The maximum absolute atomic E-state index is 12.9. The van der Waals surface area contributed by atoms with Crippen LogP contribution in [0.2, 0.25) is 10.0 Å². The summed E-state index contributed by atoms with van der Waals surface area (Å²) < 4.78 is 32.4. The van der Waals surface area contributed by atoms with Gasteiger partial charge in [-0.15, -0.1) is 0 Å². The number of hydrogen-bond acceptors (Lipinski definition) is 5. The lowest BCUT2D eigenvalue weighted by Gasteiger charge is -2.36. The molecular weight excluding hydrogens is 421 g/mol. The summed E-state index contributed by atoms with van der Waals surface area (Å²) in [4.78, 5) is 4.48. The molecule has 1 aliphatic heterocycles. The van der Waals surface area contributed by atoms with E-state index in [0.29, 0.717) is 28.7 Å². The third kappa shape index (κ3) is 3.67. The highest BCUT2D eigenvalue weighted by atomic mass is 35.5. The Hall–Kier alpha value is -1.93. The highest BCUT2D eigenvalue weighted by Crippen LogP contribution is 2.35. The Morgan fingerprint density at radius 2 is 1.86 bits per heavy atom. The monoisotopic (exact) mass is 437 g/mol. The second-order valence-electron chi connectivity index (χ2n) is 6.76. The van der Waals surface area contributed by atoms with Crippen LogP contribution in [0.4, 0.5) is 0 Å². The van der Waals surface area contributed by atoms with Crippen LogP contribution in [0.15, 0.2) is 51.9 Å². The molecule has 2 heterocycles. The number of aromatic nitrogens is 2. The van der Waals surface area contributed by atoms with Crippen molar-refractivity contribution in [1.29, 1.82) is 0 Å². The van der Waals surface area contributed by atoms with Crippen molar-refractivity contribution >= 4 is 33.2 Å². The summed E-state index contributed by atoms with van der Waals surface area (Å²) in [6.45, 7) is 2.28. The van der Waals surface area contributed by atoms with Gasteiger partial charge in [0.25, 0.3) is 0 Å². The first-order valence-corrected chi connectivity index (χ1v) is 10.9. The summed E-state index contributed by atoms with van der Waals surface area (Å²) in [5.74, 6) is 0.911. The summed E-state index contributed by atoms with van der Waals surface area (Å²) >= 11 is 12.1. The Labute approximate surface area is 173 Å². The highest BCUT2D eigenvalue weighted by molar-refractivity contribution is 7.89. The van der Waals surface area contributed by atoms with Gasteiger partial charge in [-0.1, -0.05) is 58.7 Å². The Morgan fingerprint density at radius 3 is 2.57 bits per heavy atom. The normalized spacial score (nSPS) is 15.5. The van der Waals surface area contributed by atoms with Gasteiger partial charge in [-0.25, -0.2) is 8.42 Å². The maximum atomic E-state index is 12.9. The molecule has 0 spiro atoms. The molecular formula is C19H17Cl2N3O3S. The van der Waals surface area contributed by atoms with Crippen LogP contribution in [0.25, 0.3) is 0 Å². The van der Waals surface area contributed by atoms with Crippen molar-refractivity contribution in [3.05, 3.63) is 75.4 Å².